The first-order valence-electron chi connectivity index (χ1n) is 11.5. The molecule has 2 amide bonds. The van der Waals surface area contributed by atoms with Crippen LogP contribution in [-0.2, 0) is 19.5 Å². The predicted octanol–water partition coefficient (Wildman–Crippen LogP) is 3.26. The van der Waals surface area contributed by atoms with E-state index in [2.05, 4.69) is 38.0 Å². The van der Waals surface area contributed by atoms with Crippen LogP contribution in [0.3, 0.4) is 0 Å². The van der Waals surface area contributed by atoms with E-state index in [1.165, 1.54) is 5.56 Å². The van der Waals surface area contributed by atoms with E-state index in [4.69, 9.17) is 5.26 Å². The lowest BCUT2D eigenvalue weighted by atomic mass is 10.1. The van der Waals surface area contributed by atoms with Gasteiger partial charge in [-0.25, -0.2) is 9.78 Å². The summed E-state index contributed by atoms with van der Waals surface area (Å²) in [6.45, 7) is 5.39. The number of aryl methyl sites for hydroxylation is 1. The molecule has 33 heavy (non-hydrogen) atoms. The van der Waals surface area contributed by atoms with Gasteiger partial charge in [0, 0.05) is 52.0 Å². The van der Waals surface area contributed by atoms with Gasteiger partial charge in [-0.2, -0.15) is 5.26 Å². The molecule has 1 N–H and O–H groups in total. The summed E-state index contributed by atoms with van der Waals surface area (Å²) in [5.74, 6) is 0. The number of nitriles is 1. The monoisotopic (exact) mass is 442 g/mol. The minimum Gasteiger partial charge on any atom is -0.338 e. The zero-order valence-electron chi connectivity index (χ0n) is 18.9. The smallest absolute Gasteiger partial charge is 0.317 e. The van der Waals surface area contributed by atoms with Crippen molar-refractivity contribution in [3.8, 4) is 6.07 Å². The molecule has 0 saturated carbocycles. The van der Waals surface area contributed by atoms with Crippen LogP contribution in [0.5, 0.6) is 0 Å². The predicted molar refractivity (Wildman–Crippen MR) is 127 cm³/mol. The zero-order chi connectivity index (χ0) is 22.9. The molecule has 0 unspecified atom stereocenters. The Balaban J connectivity index is 1.19. The Kier molecular flexibility index (Phi) is 7.72. The van der Waals surface area contributed by atoms with Crippen molar-refractivity contribution < 1.29 is 4.79 Å². The highest BCUT2D eigenvalue weighted by atomic mass is 16.2. The second-order valence-electron chi connectivity index (χ2n) is 8.41. The summed E-state index contributed by atoms with van der Waals surface area (Å²) in [4.78, 5) is 21.1. The Bertz CT molecular complexity index is 1060. The molecule has 0 bridgehead atoms. The summed E-state index contributed by atoms with van der Waals surface area (Å²) in [5.41, 5.74) is 4.27. The Morgan fingerprint density at radius 2 is 1.73 bits per heavy atom. The van der Waals surface area contributed by atoms with Crippen LogP contribution < -0.4 is 5.32 Å². The SMILES string of the molecule is N#Cc1ccc(Cn2cncc2CN2CCN(C(=O)NCCCc3ccccc3)CC2)cc1. The molecule has 2 heterocycles. The summed E-state index contributed by atoms with van der Waals surface area (Å²) < 4.78 is 2.15. The van der Waals surface area contributed by atoms with Crippen LogP contribution in [0.1, 0.15) is 28.8 Å². The number of amides is 2. The minimum absolute atomic E-state index is 0.0357. The third kappa shape index (κ3) is 6.43. The van der Waals surface area contributed by atoms with Gasteiger partial charge in [-0.1, -0.05) is 42.5 Å². The normalized spacial score (nSPS) is 14.1. The average molecular weight is 443 g/mol. The van der Waals surface area contributed by atoms with Crippen molar-refractivity contribution in [1.82, 2.24) is 24.7 Å². The van der Waals surface area contributed by atoms with E-state index >= 15 is 0 Å². The molecule has 0 aliphatic carbocycles. The Hall–Kier alpha value is -3.63. The van der Waals surface area contributed by atoms with Gasteiger partial charge in [-0.3, -0.25) is 4.90 Å². The number of urea groups is 1. The molecule has 1 aromatic heterocycles. The van der Waals surface area contributed by atoms with Crippen molar-refractivity contribution in [2.75, 3.05) is 32.7 Å². The number of nitrogens with zero attached hydrogens (tertiary/aromatic N) is 5. The van der Waals surface area contributed by atoms with Crippen LogP contribution in [-0.4, -0.2) is 58.1 Å². The van der Waals surface area contributed by atoms with Crippen molar-refractivity contribution in [2.24, 2.45) is 0 Å². The van der Waals surface area contributed by atoms with Gasteiger partial charge in [0.1, 0.15) is 0 Å². The lowest BCUT2D eigenvalue weighted by Crippen LogP contribution is -2.51. The number of hydrogen-bond donors (Lipinski definition) is 1. The zero-order valence-corrected chi connectivity index (χ0v) is 18.9. The molecule has 7 heteroatoms. The van der Waals surface area contributed by atoms with Gasteiger partial charge in [0.15, 0.2) is 0 Å². The third-order valence-electron chi connectivity index (χ3n) is 6.04. The number of rotatable bonds is 8. The Morgan fingerprint density at radius 3 is 2.45 bits per heavy atom. The van der Waals surface area contributed by atoms with Crippen molar-refractivity contribution in [3.05, 3.63) is 89.5 Å². The van der Waals surface area contributed by atoms with Crippen molar-refractivity contribution in [3.63, 3.8) is 0 Å². The number of hydrogen-bond acceptors (Lipinski definition) is 4. The van der Waals surface area contributed by atoms with Crippen molar-refractivity contribution in [1.29, 1.82) is 5.26 Å². The quantitative estimate of drug-likeness (QED) is 0.543. The van der Waals surface area contributed by atoms with Gasteiger partial charge in [0.25, 0.3) is 0 Å². The van der Waals surface area contributed by atoms with Crippen molar-refractivity contribution >= 4 is 6.03 Å². The molecular formula is C26H30N6O. The standard InChI is InChI=1S/C26H30N6O/c27-17-23-8-10-24(11-9-23)19-32-21-28-18-25(32)20-30-13-15-31(16-14-30)26(33)29-12-4-7-22-5-2-1-3-6-22/h1-3,5-6,8-11,18,21H,4,7,12-16,19-20H2,(H,29,33). The van der Waals surface area contributed by atoms with Gasteiger partial charge in [0.05, 0.1) is 23.7 Å². The maximum atomic E-state index is 12.5. The number of benzene rings is 2. The van der Waals surface area contributed by atoms with Crippen molar-refractivity contribution in [2.45, 2.75) is 25.9 Å². The highest BCUT2D eigenvalue weighted by molar-refractivity contribution is 5.74. The van der Waals surface area contributed by atoms with Crippen LogP contribution >= 0.6 is 0 Å². The lowest BCUT2D eigenvalue weighted by molar-refractivity contribution is 0.133. The molecule has 1 aliphatic heterocycles. The van der Waals surface area contributed by atoms with Crippen LogP contribution in [0, 0.1) is 11.3 Å². The second-order valence-corrected chi connectivity index (χ2v) is 8.41. The van der Waals surface area contributed by atoms with Crippen LogP contribution in [0.15, 0.2) is 67.1 Å². The number of carbonyl (C=O) groups excluding carboxylic acids is 1. The van der Waals surface area contributed by atoms with E-state index in [0.717, 1.165) is 63.4 Å². The van der Waals surface area contributed by atoms with E-state index < -0.39 is 0 Å². The lowest BCUT2D eigenvalue weighted by Gasteiger charge is -2.34. The average Bonchev–Trinajstić information content (AvgIpc) is 3.29. The molecule has 2 aromatic carbocycles. The molecule has 170 valence electrons. The number of piperazine rings is 1. The molecule has 4 rings (SSSR count). The molecule has 0 spiro atoms. The summed E-state index contributed by atoms with van der Waals surface area (Å²) in [5, 5.41) is 12.0. The number of imidazole rings is 1. The van der Waals surface area contributed by atoms with Gasteiger partial charge < -0.3 is 14.8 Å². The maximum absolute atomic E-state index is 12.5. The van der Waals surface area contributed by atoms with Gasteiger partial charge in [0.2, 0.25) is 0 Å². The molecule has 0 radical (unpaired) electrons. The maximum Gasteiger partial charge on any atom is 0.317 e. The Morgan fingerprint density at radius 1 is 0.970 bits per heavy atom. The topological polar surface area (TPSA) is 77.2 Å². The van der Waals surface area contributed by atoms with Gasteiger partial charge >= 0.3 is 6.03 Å². The van der Waals surface area contributed by atoms with Crippen LogP contribution in [0.25, 0.3) is 0 Å². The largest absolute Gasteiger partial charge is 0.338 e. The first-order chi connectivity index (χ1) is 16.2. The van der Waals surface area contributed by atoms with E-state index in [9.17, 15) is 4.79 Å². The van der Waals surface area contributed by atoms with Gasteiger partial charge in [-0.05, 0) is 36.1 Å². The molecule has 3 aromatic rings. The van der Waals surface area contributed by atoms with Gasteiger partial charge in [-0.15, -0.1) is 0 Å². The summed E-state index contributed by atoms with van der Waals surface area (Å²) >= 11 is 0. The van der Waals surface area contributed by atoms with Crippen LogP contribution in [0.2, 0.25) is 0 Å². The highest BCUT2D eigenvalue weighted by Gasteiger charge is 2.21. The molecule has 1 aliphatic rings. The summed E-state index contributed by atoms with van der Waals surface area (Å²) in [6.07, 6.45) is 5.69. The number of carbonyl (C=O) groups is 1. The summed E-state index contributed by atoms with van der Waals surface area (Å²) in [6, 6.07) is 20.2. The first kappa shape index (κ1) is 22.6. The molecule has 0 atom stereocenters. The molecular weight excluding hydrogens is 412 g/mol. The third-order valence-corrected chi connectivity index (χ3v) is 6.04. The molecule has 1 saturated heterocycles. The number of aromatic nitrogens is 2. The van der Waals surface area contributed by atoms with E-state index in [-0.39, 0.29) is 6.03 Å². The minimum atomic E-state index is 0.0357. The van der Waals surface area contributed by atoms with E-state index in [1.54, 1.807) is 0 Å². The molecule has 1 fully saturated rings. The second kappa shape index (κ2) is 11.3. The molecule has 7 nitrogen and oxygen atoms in total. The van der Waals surface area contributed by atoms with E-state index in [1.807, 2.05) is 59.9 Å². The first-order valence-corrected chi connectivity index (χ1v) is 11.5. The van der Waals surface area contributed by atoms with E-state index in [0.29, 0.717) is 12.1 Å². The Labute approximate surface area is 195 Å². The fourth-order valence-corrected chi connectivity index (χ4v) is 4.09. The summed E-state index contributed by atoms with van der Waals surface area (Å²) in [7, 11) is 0. The fourth-order valence-electron chi connectivity index (χ4n) is 4.09. The fraction of sp³-hybridized carbons (Fsp3) is 0.346. The highest BCUT2D eigenvalue weighted by Crippen LogP contribution is 2.12. The van der Waals surface area contributed by atoms with Crippen LogP contribution in [0.4, 0.5) is 4.79 Å². The number of nitrogens with one attached hydrogen (secondary N) is 1.